The van der Waals surface area contributed by atoms with Gasteiger partial charge in [0, 0.05) is 13.1 Å². The van der Waals surface area contributed by atoms with Crippen molar-refractivity contribution >= 4 is 45.7 Å². The van der Waals surface area contributed by atoms with Crippen LogP contribution in [0.5, 0.6) is 0 Å². The molecule has 4 rings (SSSR count). The molecule has 166 valence electrons. The number of nitrogens with one attached hydrogen (secondary N) is 2. The summed E-state index contributed by atoms with van der Waals surface area (Å²) in [5, 5.41) is 15.2. The third kappa shape index (κ3) is 5.66. The Labute approximate surface area is 195 Å². The predicted molar refractivity (Wildman–Crippen MR) is 129 cm³/mol. The van der Waals surface area contributed by atoms with Gasteiger partial charge in [0.05, 0.1) is 23.0 Å². The fraction of sp³-hybridized carbons (Fsp3) is 0.304. The highest BCUT2D eigenvalue weighted by Crippen LogP contribution is 2.30. The van der Waals surface area contributed by atoms with Gasteiger partial charge in [-0.05, 0) is 37.5 Å². The highest BCUT2D eigenvalue weighted by atomic mass is 32.2. The molecule has 1 aliphatic heterocycles. The van der Waals surface area contributed by atoms with Gasteiger partial charge in [0.1, 0.15) is 0 Å². The molecule has 2 heterocycles. The first-order chi connectivity index (χ1) is 15.6. The number of para-hydroxylation sites is 1. The summed E-state index contributed by atoms with van der Waals surface area (Å²) in [5.74, 6) is -0.223. The number of benzene rings is 2. The quantitative estimate of drug-likeness (QED) is 0.479. The highest BCUT2D eigenvalue weighted by molar-refractivity contribution is 8.01. The maximum Gasteiger partial charge on any atom is 0.253 e. The number of hydrogen-bond acceptors (Lipinski definition) is 7. The van der Waals surface area contributed by atoms with Gasteiger partial charge in [0.25, 0.3) is 5.91 Å². The Kier molecular flexibility index (Phi) is 7.39. The molecular weight excluding hydrogens is 442 g/mol. The fourth-order valence-electron chi connectivity index (χ4n) is 3.50. The van der Waals surface area contributed by atoms with E-state index in [2.05, 4.69) is 25.7 Å². The van der Waals surface area contributed by atoms with E-state index in [9.17, 15) is 9.59 Å². The van der Waals surface area contributed by atoms with Crippen molar-refractivity contribution in [2.45, 2.75) is 30.1 Å². The zero-order valence-corrected chi connectivity index (χ0v) is 19.4. The molecule has 0 aliphatic carbocycles. The highest BCUT2D eigenvalue weighted by Gasteiger charge is 2.19. The average Bonchev–Trinajstić information content (AvgIpc) is 3.51. The summed E-state index contributed by atoms with van der Waals surface area (Å²) >= 11 is 2.87. The van der Waals surface area contributed by atoms with Crippen LogP contribution >= 0.6 is 23.1 Å². The molecule has 0 spiro atoms. The third-order valence-corrected chi connectivity index (χ3v) is 7.31. The summed E-state index contributed by atoms with van der Waals surface area (Å²) in [6, 6.07) is 16.6. The summed E-state index contributed by atoms with van der Waals surface area (Å²) in [5.41, 5.74) is 1.94. The van der Waals surface area contributed by atoms with Gasteiger partial charge >= 0.3 is 0 Å². The Morgan fingerprint density at radius 1 is 1.06 bits per heavy atom. The Morgan fingerprint density at radius 2 is 1.78 bits per heavy atom. The lowest BCUT2D eigenvalue weighted by Crippen LogP contribution is -2.28. The van der Waals surface area contributed by atoms with Gasteiger partial charge in [-0.1, -0.05) is 65.6 Å². The van der Waals surface area contributed by atoms with Crippen LogP contribution in [0.25, 0.3) is 0 Å². The van der Waals surface area contributed by atoms with E-state index < -0.39 is 0 Å². The average molecular weight is 468 g/mol. The van der Waals surface area contributed by atoms with E-state index in [1.54, 1.807) is 24.3 Å². The van der Waals surface area contributed by atoms with Gasteiger partial charge in [0.15, 0.2) is 4.34 Å². The Hall–Kier alpha value is -2.91. The van der Waals surface area contributed by atoms with Gasteiger partial charge in [-0.15, -0.1) is 10.2 Å². The van der Waals surface area contributed by atoms with Crippen molar-refractivity contribution in [1.82, 2.24) is 15.5 Å². The van der Waals surface area contributed by atoms with Crippen molar-refractivity contribution in [3.63, 3.8) is 0 Å². The Morgan fingerprint density at radius 3 is 2.56 bits per heavy atom. The molecule has 3 aromatic rings. The molecule has 1 fully saturated rings. The number of hydrogen-bond donors (Lipinski definition) is 2. The lowest BCUT2D eigenvalue weighted by molar-refractivity contribution is -0.113. The monoisotopic (exact) mass is 467 g/mol. The van der Waals surface area contributed by atoms with Gasteiger partial charge in [-0.3, -0.25) is 9.59 Å². The van der Waals surface area contributed by atoms with E-state index in [0.29, 0.717) is 11.3 Å². The van der Waals surface area contributed by atoms with Crippen LogP contribution in [0.4, 0.5) is 10.8 Å². The first-order valence-electron chi connectivity index (χ1n) is 10.6. The number of rotatable bonds is 8. The molecule has 7 nitrogen and oxygen atoms in total. The lowest BCUT2D eigenvalue weighted by atomic mass is 10.1. The van der Waals surface area contributed by atoms with Gasteiger partial charge in [-0.25, -0.2) is 0 Å². The van der Waals surface area contributed by atoms with Crippen molar-refractivity contribution < 1.29 is 9.59 Å². The lowest BCUT2D eigenvalue weighted by Gasteiger charge is -2.16. The zero-order valence-electron chi connectivity index (χ0n) is 17.8. The third-order valence-electron chi connectivity index (χ3n) is 5.19. The Balaban J connectivity index is 1.34. The molecule has 1 aromatic heterocycles. The first kappa shape index (κ1) is 22.3. The second-order valence-electron chi connectivity index (χ2n) is 7.53. The SMILES string of the molecule is CC(NC(=O)c1ccccc1NC(=O)CSc1nnc(N2CCCC2)s1)c1ccccc1. The largest absolute Gasteiger partial charge is 0.347 e. The van der Waals surface area contributed by atoms with Gasteiger partial charge < -0.3 is 15.5 Å². The maximum absolute atomic E-state index is 12.8. The standard InChI is InChI=1S/C23H25N5O2S2/c1-16(17-9-3-2-4-10-17)24-21(30)18-11-5-6-12-19(18)25-20(29)15-31-23-27-26-22(32-23)28-13-7-8-14-28/h2-6,9-12,16H,7-8,13-15H2,1H3,(H,24,30)(H,25,29). The molecule has 1 unspecified atom stereocenters. The van der Waals surface area contributed by atoms with Crippen molar-refractivity contribution in [2.24, 2.45) is 0 Å². The van der Waals surface area contributed by atoms with Crippen LogP contribution in [0.2, 0.25) is 0 Å². The molecule has 2 aromatic carbocycles. The summed E-state index contributed by atoms with van der Waals surface area (Å²) in [7, 11) is 0. The summed E-state index contributed by atoms with van der Waals surface area (Å²) in [4.78, 5) is 27.6. The molecular formula is C23H25N5O2S2. The van der Waals surface area contributed by atoms with Crippen LogP contribution in [-0.4, -0.2) is 40.9 Å². The van der Waals surface area contributed by atoms with Gasteiger partial charge in [0.2, 0.25) is 11.0 Å². The second-order valence-corrected chi connectivity index (χ2v) is 9.71. The number of carbonyl (C=O) groups excluding carboxylic acids is 2. The minimum Gasteiger partial charge on any atom is -0.347 e. The van der Waals surface area contributed by atoms with E-state index in [1.165, 1.54) is 35.9 Å². The van der Waals surface area contributed by atoms with Crippen molar-refractivity contribution in [3.8, 4) is 0 Å². The van der Waals surface area contributed by atoms with Crippen LogP contribution in [0.3, 0.4) is 0 Å². The summed E-state index contributed by atoms with van der Waals surface area (Å²) in [6.07, 6.45) is 2.36. The van der Waals surface area contributed by atoms with E-state index in [4.69, 9.17) is 0 Å². The molecule has 1 saturated heterocycles. The molecule has 32 heavy (non-hydrogen) atoms. The number of carbonyl (C=O) groups is 2. The van der Waals surface area contributed by atoms with E-state index >= 15 is 0 Å². The molecule has 1 atom stereocenters. The molecule has 2 amide bonds. The number of amides is 2. The fourth-order valence-corrected chi connectivity index (χ4v) is 5.19. The molecule has 2 N–H and O–H groups in total. The van der Waals surface area contributed by atoms with Crippen molar-refractivity contribution in [2.75, 3.05) is 29.1 Å². The van der Waals surface area contributed by atoms with Crippen molar-refractivity contribution in [3.05, 3.63) is 65.7 Å². The van der Waals surface area contributed by atoms with E-state index in [-0.39, 0.29) is 23.6 Å². The molecule has 0 saturated carbocycles. The molecule has 1 aliphatic rings. The Bertz CT molecular complexity index is 1070. The topological polar surface area (TPSA) is 87.2 Å². The molecule has 9 heteroatoms. The molecule has 0 radical (unpaired) electrons. The van der Waals surface area contributed by atoms with Crippen LogP contribution in [-0.2, 0) is 4.79 Å². The van der Waals surface area contributed by atoms with Crippen molar-refractivity contribution in [1.29, 1.82) is 0 Å². The normalized spacial score (nSPS) is 14.2. The number of nitrogens with zero attached hydrogens (tertiary/aromatic N) is 3. The van der Waals surface area contributed by atoms with Crippen LogP contribution < -0.4 is 15.5 Å². The first-order valence-corrected chi connectivity index (χ1v) is 12.4. The number of thioether (sulfide) groups is 1. The van der Waals surface area contributed by atoms with E-state index in [0.717, 1.165) is 28.1 Å². The van der Waals surface area contributed by atoms with Crippen LogP contribution in [0.1, 0.15) is 41.7 Å². The second kappa shape index (κ2) is 10.6. The number of aromatic nitrogens is 2. The van der Waals surface area contributed by atoms with E-state index in [1.807, 2.05) is 37.3 Å². The number of anilines is 2. The minimum atomic E-state index is -0.232. The predicted octanol–water partition coefficient (Wildman–Crippen LogP) is 4.36. The van der Waals surface area contributed by atoms with Crippen LogP contribution in [0.15, 0.2) is 58.9 Å². The minimum absolute atomic E-state index is 0.148. The van der Waals surface area contributed by atoms with Gasteiger partial charge in [-0.2, -0.15) is 0 Å². The zero-order chi connectivity index (χ0) is 22.3. The summed E-state index contributed by atoms with van der Waals surface area (Å²) < 4.78 is 0.768. The maximum atomic E-state index is 12.8. The molecule has 0 bridgehead atoms. The smallest absolute Gasteiger partial charge is 0.253 e. The van der Waals surface area contributed by atoms with Crippen LogP contribution in [0, 0.1) is 0 Å². The summed E-state index contributed by atoms with van der Waals surface area (Å²) in [6.45, 7) is 3.96.